The molecule has 0 fully saturated rings. The van der Waals surface area contributed by atoms with E-state index < -0.39 is 0 Å². The third-order valence-electron chi connectivity index (χ3n) is 3.41. The maximum atomic E-state index is 10.5. The summed E-state index contributed by atoms with van der Waals surface area (Å²) in [6.45, 7) is 13.0. The summed E-state index contributed by atoms with van der Waals surface area (Å²) in [6, 6.07) is 4.15. The minimum Gasteiger partial charge on any atom is -0.507 e. The van der Waals surface area contributed by atoms with Gasteiger partial charge in [0.2, 0.25) is 0 Å². The van der Waals surface area contributed by atoms with E-state index in [0.29, 0.717) is 12.2 Å². The molecule has 2 heteroatoms. The Morgan fingerprint density at radius 1 is 1.00 bits per heavy atom. The van der Waals surface area contributed by atoms with Crippen LogP contribution < -0.4 is 0 Å². The van der Waals surface area contributed by atoms with E-state index in [-0.39, 0.29) is 17.4 Å². The molecule has 1 aromatic rings. The second kappa shape index (κ2) is 6.01. The molecule has 0 bridgehead atoms. The Kier molecular flexibility index (Phi) is 5.04. The van der Waals surface area contributed by atoms with Crippen LogP contribution in [0.25, 0.3) is 6.08 Å². The molecule has 0 unspecified atom stereocenters. The molecule has 0 atom stereocenters. The molecule has 0 saturated heterocycles. The molecule has 0 radical (unpaired) electrons. The van der Waals surface area contributed by atoms with E-state index in [1.165, 1.54) is 5.56 Å². The van der Waals surface area contributed by atoms with Crippen molar-refractivity contribution in [3.63, 3.8) is 0 Å². The second-order valence-electron chi connectivity index (χ2n) is 7.38. The van der Waals surface area contributed by atoms with E-state index in [4.69, 9.17) is 5.11 Å². The largest absolute Gasteiger partial charge is 0.507 e. The maximum absolute atomic E-state index is 10.5. The summed E-state index contributed by atoms with van der Waals surface area (Å²) in [5.41, 5.74) is 2.94. The van der Waals surface area contributed by atoms with Gasteiger partial charge < -0.3 is 10.2 Å². The Balaban J connectivity index is 3.43. The number of hydrogen-bond donors (Lipinski definition) is 2. The van der Waals surface area contributed by atoms with E-state index in [1.807, 2.05) is 18.2 Å². The van der Waals surface area contributed by atoms with E-state index in [1.54, 1.807) is 0 Å². The lowest BCUT2D eigenvalue weighted by Crippen LogP contribution is -2.17. The van der Waals surface area contributed by atoms with E-state index in [9.17, 15) is 5.11 Å². The Labute approximate surface area is 123 Å². The number of benzene rings is 1. The summed E-state index contributed by atoms with van der Waals surface area (Å²) < 4.78 is 0. The number of aliphatic hydroxyl groups is 1. The van der Waals surface area contributed by atoms with Gasteiger partial charge in [0.25, 0.3) is 0 Å². The van der Waals surface area contributed by atoms with Crippen molar-refractivity contribution in [3.8, 4) is 5.75 Å². The SMILES string of the molecule is CC(C)(C)c1cc(C=CCCO)c(O)c(C(C)(C)C)c1. The van der Waals surface area contributed by atoms with Gasteiger partial charge in [0, 0.05) is 17.7 Å². The standard InChI is InChI=1S/C18H28O2/c1-17(2,3)14-11-13(9-7-8-10-19)16(20)15(12-14)18(4,5)6/h7,9,11-12,19-20H,8,10H2,1-6H3. The van der Waals surface area contributed by atoms with Gasteiger partial charge in [-0.15, -0.1) is 0 Å². The van der Waals surface area contributed by atoms with E-state index in [0.717, 1.165) is 11.1 Å². The molecule has 2 nitrogen and oxygen atoms in total. The van der Waals surface area contributed by atoms with Gasteiger partial charge in [0.1, 0.15) is 5.75 Å². The maximum Gasteiger partial charge on any atom is 0.126 e. The highest BCUT2D eigenvalue weighted by Crippen LogP contribution is 2.38. The molecular weight excluding hydrogens is 248 g/mol. The first kappa shape index (κ1) is 16.8. The lowest BCUT2D eigenvalue weighted by atomic mass is 9.79. The van der Waals surface area contributed by atoms with E-state index in [2.05, 4.69) is 47.6 Å². The van der Waals surface area contributed by atoms with Crippen molar-refractivity contribution >= 4 is 6.08 Å². The molecule has 2 N–H and O–H groups in total. The normalized spacial score (nSPS) is 13.2. The zero-order valence-corrected chi connectivity index (χ0v) is 13.6. The molecular formula is C18H28O2. The first-order valence-corrected chi connectivity index (χ1v) is 7.22. The van der Waals surface area contributed by atoms with Crippen LogP contribution >= 0.6 is 0 Å². The zero-order chi connectivity index (χ0) is 15.6. The van der Waals surface area contributed by atoms with Crippen LogP contribution in [-0.2, 0) is 10.8 Å². The van der Waals surface area contributed by atoms with Gasteiger partial charge in [-0.2, -0.15) is 0 Å². The first-order chi connectivity index (χ1) is 9.07. The van der Waals surface area contributed by atoms with Crippen molar-refractivity contribution in [1.82, 2.24) is 0 Å². The van der Waals surface area contributed by atoms with Crippen LogP contribution in [0, 0.1) is 0 Å². The van der Waals surface area contributed by atoms with Gasteiger partial charge in [0.05, 0.1) is 0 Å². The number of hydrogen-bond acceptors (Lipinski definition) is 2. The van der Waals surface area contributed by atoms with Gasteiger partial charge in [-0.1, -0.05) is 59.8 Å². The van der Waals surface area contributed by atoms with Crippen LogP contribution in [-0.4, -0.2) is 16.8 Å². The molecule has 1 aromatic carbocycles. The highest BCUT2D eigenvalue weighted by molar-refractivity contribution is 5.62. The van der Waals surface area contributed by atoms with Crippen LogP contribution in [0.4, 0.5) is 0 Å². The van der Waals surface area contributed by atoms with Crippen molar-refractivity contribution in [3.05, 3.63) is 34.9 Å². The van der Waals surface area contributed by atoms with Gasteiger partial charge in [0.15, 0.2) is 0 Å². The van der Waals surface area contributed by atoms with Crippen molar-refractivity contribution < 1.29 is 10.2 Å². The van der Waals surface area contributed by atoms with Crippen LogP contribution in [0.5, 0.6) is 5.75 Å². The highest BCUT2D eigenvalue weighted by atomic mass is 16.3. The monoisotopic (exact) mass is 276 g/mol. The molecule has 0 heterocycles. The van der Waals surface area contributed by atoms with Crippen molar-refractivity contribution in [1.29, 1.82) is 0 Å². The fraction of sp³-hybridized carbons (Fsp3) is 0.556. The quantitative estimate of drug-likeness (QED) is 0.860. The van der Waals surface area contributed by atoms with Gasteiger partial charge >= 0.3 is 0 Å². The molecule has 0 aliphatic heterocycles. The van der Waals surface area contributed by atoms with Gasteiger partial charge in [-0.05, 0) is 28.9 Å². The summed E-state index contributed by atoms with van der Waals surface area (Å²) in [6.07, 6.45) is 4.40. The predicted octanol–water partition coefficient (Wildman–Crippen LogP) is 4.38. The van der Waals surface area contributed by atoms with Crippen LogP contribution in [0.3, 0.4) is 0 Å². The Morgan fingerprint density at radius 3 is 2.05 bits per heavy atom. The summed E-state index contributed by atoms with van der Waals surface area (Å²) in [5.74, 6) is 0.347. The highest BCUT2D eigenvalue weighted by Gasteiger charge is 2.24. The summed E-state index contributed by atoms with van der Waals surface area (Å²) in [4.78, 5) is 0. The van der Waals surface area contributed by atoms with Crippen molar-refractivity contribution in [2.24, 2.45) is 0 Å². The summed E-state index contributed by atoms with van der Waals surface area (Å²) in [7, 11) is 0. The molecule has 0 amide bonds. The minimum absolute atomic E-state index is 0.0350. The Morgan fingerprint density at radius 2 is 1.60 bits per heavy atom. The molecule has 0 aliphatic rings. The Hall–Kier alpha value is -1.28. The predicted molar refractivity (Wildman–Crippen MR) is 86.2 cm³/mol. The summed E-state index contributed by atoms with van der Waals surface area (Å²) in [5, 5.41) is 19.4. The number of aromatic hydroxyl groups is 1. The van der Waals surface area contributed by atoms with Gasteiger partial charge in [-0.3, -0.25) is 0 Å². The average Bonchev–Trinajstić information content (AvgIpc) is 2.28. The molecule has 20 heavy (non-hydrogen) atoms. The molecule has 1 rings (SSSR count). The lowest BCUT2D eigenvalue weighted by Gasteiger charge is -2.27. The minimum atomic E-state index is -0.106. The number of phenols is 1. The fourth-order valence-corrected chi connectivity index (χ4v) is 2.07. The number of aliphatic hydroxyl groups excluding tert-OH is 1. The second-order valence-corrected chi connectivity index (χ2v) is 7.38. The topological polar surface area (TPSA) is 40.5 Å². The third-order valence-corrected chi connectivity index (χ3v) is 3.41. The average molecular weight is 276 g/mol. The van der Waals surface area contributed by atoms with Crippen LogP contribution in [0.15, 0.2) is 18.2 Å². The third kappa shape index (κ3) is 4.11. The number of rotatable bonds is 3. The lowest BCUT2D eigenvalue weighted by molar-refractivity contribution is 0.303. The zero-order valence-electron chi connectivity index (χ0n) is 13.6. The van der Waals surface area contributed by atoms with Crippen LogP contribution in [0.1, 0.15) is 64.7 Å². The van der Waals surface area contributed by atoms with E-state index >= 15 is 0 Å². The first-order valence-electron chi connectivity index (χ1n) is 7.22. The van der Waals surface area contributed by atoms with Gasteiger partial charge in [-0.25, -0.2) is 0 Å². The van der Waals surface area contributed by atoms with Crippen LogP contribution in [0.2, 0.25) is 0 Å². The Bertz CT molecular complexity index is 485. The van der Waals surface area contributed by atoms with Crippen molar-refractivity contribution in [2.75, 3.05) is 6.61 Å². The molecule has 0 aromatic heterocycles. The smallest absolute Gasteiger partial charge is 0.126 e. The fourth-order valence-electron chi connectivity index (χ4n) is 2.07. The molecule has 112 valence electrons. The summed E-state index contributed by atoms with van der Waals surface area (Å²) >= 11 is 0. The molecule has 0 aliphatic carbocycles. The molecule has 0 spiro atoms. The number of phenolic OH excluding ortho intramolecular Hbond substituents is 1. The van der Waals surface area contributed by atoms with Crippen molar-refractivity contribution in [2.45, 2.75) is 58.8 Å². The molecule has 0 saturated carbocycles.